The average molecular weight is 219 g/mol. The number of nitrogens with one attached hydrogen (secondary N) is 1. The summed E-state index contributed by atoms with van der Waals surface area (Å²) in [5, 5.41) is 3.34. The minimum absolute atomic E-state index is 0.162. The Labute approximate surface area is 95.8 Å². The van der Waals surface area contributed by atoms with E-state index in [0.29, 0.717) is 13.0 Å². The normalized spacial score (nSPS) is 14.1. The Bertz CT molecular complexity index is 388. The van der Waals surface area contributed by atoms with Gasteiger partial charge in [-0.1, -0.05) is 0 Å². The first-order chi connectivity index (χ1) is 7.81. The highest BCUT2D eigenvalue weighted by Gasteiger charge is 2.12. The predicted molar refractivity (Wildman–Crippen MR) is 64.1 cm³/mol. The first-order valence-electron chi connectivity index (χ1n) is 5.70. The molecule has 0 fully saturated rings. The van der Waals surface area contributed by atoms with Crippen molar-refractivity contribution in [2.45, 2.75) is 19.3 Å². The van der Waals surface area contributed by atoms with Crippen LogP contribution in [0.5, 0.6) is 0 Å². The van der Waals surface area contributed by atoms with Crippen LogP contribution in [0.4, 0.5) is 5.69 Å². The molecule has 86 valence electrons. The Kier molecular flexibility index (Phi) is 3.57. The van der Waals surface area contributed by atoms with Gasteiger partial charge in [0, 0.05) is 31.3 Å². The molecule has 16 heavy (non-hydrogen) atoms. The van der Waals surface area contributed by atoms with Crippen LogP contribution in [0, 0.1) is 0 Å². The third-order valence-electron chi connectivity index (χ3n) is 2.90. The largest absolute Gasteiger partial charge is 0.385 e. The van der Waals surface area contributed by atoms with E-state index in [-0.39, 0.29) is 5.78 Å². The monoisotopic (exact) mass is 219 g/mol. The van der Waals surface area contributed by atoms with Gasteiger partial charge in [-0.25, -0.2) is 0 Å². The molecule has 0 aromatic heterocycles. The molecule has 3 nitrogen and oxygen atoms in total. The van der Waals surface area contributed by atoms with Gasteiger partial charge in [0.05, 0.1) is 6.61 Å². The second kappa shape index (κ2) is 5.12. The van der Waals surface area contributed by atoms with Gasteiger partial charge >= 0.3 is 0 Å². The molecule has 1 aliphatic rings. The lowest BCUT2D eigenvalue weighted by atomic mass is 9.98. The van der Waals surface area contributed by atoms with Gasteiger partial charge < -0.3 is 10.1 Å². The molecule has 0 atom stereocenters. The van der Waals surface area contributed by atoms with Crippen molar-refractivity contribution in [3.63, 3.8) is 0 Å². The summed E-state index contributed by atoms with van der Waals surface area (Å²) in [4.78, 5) is 11.8. The first-order valence-corrected chi connectivity index (χ1v) is 5.70. The fourth-order valence-electron chi connectivity index (χ4n) is 1.99. The zero-order valence-electron chi connectivity index (χ0n) is 9.58. The maximum absolute atomic E-state index is 11.8. The Morgan fingerprint density at radius 1 is 1.50 bits per heavy atom. The van der Waals surface area contributed by atoms with Gasteiger partial charge in [-0.15, -0.1) is 0 Å². The molecule has 1 aromatic rings. The molecule has 0 aliphatic carbocycles. The van der Waals surface area contributed by atoms with Crippen molar-refractivity contribution in [1.82, 2.24) is 0 Å². The van der Waals surface area contributed by atoms with Crippen molar-refractivity contribution in [2.75, 3.05) is 25.6 Å². The SMILES string of the molecule is COCCC(=O)c1ccc2c(c1)CCCN2. The Morgan fingerprint density at radius 3 is 3.19 bits per heavy atom. The topological polar surface area (TPSA) is 38.3 Å². The van der Waals surface area contributed by atoms with Crippen LogP contribution in [0.3, 0.4) is 0 Å². The summed E-state index contributed by atoms with van der Waals surface area (Å²) in [6.45, 7) is 1.53. The first kappa shape index (κ1) is 11.1. The maximum atomic E-state index is 11.8. The summed E-state index contributed by atoms with van der Waals surface area (Å²) in [6.07, 6.45) is 2.67. The maximum Gasteiger partial charge on any atom is 0.165 e. The number of rotatable bonds is 4. The highest BCUT2D eigenvalue weighted by molar-refractivity contribution is 5.96. The molecule has 1 aromatic carbocycles. The molecule has 0 saturated carbocycles. The van der Waals surface area contributed by atoms with Crippen LogP contribution < -0.4 is 5.32 Å². The third kappa shape index (κ3) is 2.42. The number of benzene rings is 1. The quantitative estimate of drug-likeness (QED) is 0.789. The number of hydrogen-bond donors (Lipinski definition) is 1. The van der Waals surface area contributed by atoms with Crippen molar-refractivity contribution < 1.29 is 9.53 Å². The number of hydrogen-bond acceptors (Lipinski definition) is 3. The van der Waals surface area contributed by atoms with Crippen molar-refractivity contribution in [2.24, 2.45) is 0 Å². The molecule has 0 radical (unpaired) electrons. The van der Waals surface area contributed by atoms with Gasteiger partial charge in [0.2, 0.25) is 0 Å². The van der Waals surface area contributed by atoms with Crippen molar-refractivity contribution in [1.29, 1.82) is 0 Å². The number of ketones is 1. The third-order valence-corrected chi connectivity index (χ3v) is 2.90. The number of fused-ring (bicyclic) bond motifs is 1. The highest BCUT2D eigenvalue weighted by atomic mass is 16.5. The van der Waals surface area contributed by atoms with E-state index < -0.39 is 0 Å². The highest BCUT2D eigenvalue weighted by Crippen LogP contribution is 2.23. The summed E-state index contributed by atoms with van der Waals surface area (Å²) in [5.74, 6) is 0.162. The van der Waals surface area contributed by atoms with Crippen LogP contribution in [-0.4, -0.2) is 26.0 Å². The summed E-state index contributed by atoms with van der Waals surface area (Å²) in [5.41, 5.74) is 3.24. The van der Waals surface area contributed by atoms with Crippen molar-refractivity contribution in [3.8, 4) is 0 Å². The Balaban J connectivity index is 2.13. The molecular formula is C13H17NO2. The summed E-state index contributed by atoms with van der Waals surface area (Å²) in [7, 11) is 1.62. The molecule has 1 N–H and O–H groups in total. The minimum Gasteiger partial charge on any atom is -0.385 e. The van der Waals surface area contributed by atoms with Gasteiger partial charge in [-0.3, -0.25) is 4.79 Å². The second-order valence-corrected chi connectivity index (χ2v) is 4.07. The average Bonchev–Trinajstić information content (AvgIpc) is 2.35. The van der Waals surface area contributed by atoms with Crippen molar-refractivity contribution >= 4 is 11.5 Å². The standard InChI is InChI=1S/C13H17NO2/c1-16-8-6-13(15)11-4-5-12-10(9-11)3-2-7-14-12/h4-5,9,14H,2-3,6-8H2,1H3. The zero-order chi connectivity index (χ0) is 11.4. The van der Waals surface area contributed by atoms with E-state index in [1.54, 1.807) is 7.11 Å². The van der Waals surface area contributed by atoms with E-state index in [2.05, 4.69) is 5.32 Å². The van der Waals surface area contributed by atoms with E-state index >= 15 is 0 Å². The van der Waals surface area contributed by atoms with E-state index in [9.17, 15) is 4.79 Å². The van der Waals surface area contributed by atoms with Gasteiger partial charge in [0.25, 0.3) is 0 Å². The number of methoxy groups -OCH3 is 1. The van der Waals surface area contributed by atoms with Crippen LogP contribution in [0.15, 0.2) is 18.2 Å². The number of anilines is 1. The predicted octanol–water partition coefficient (Wildman–Crippen LogP) is 2.26. The molecular weight excluding hydrogens is 202 g/mol. The number of ether oxygens (including phenoxy) is 1. The summed E-state index contributed by atoms with van der Waals surface area (Å²) in [6, 6.07) is 5.92. The molecule has 1 heterocycles. The fraction of sp³-hybridized carbons (Fsp3) is 0.462. The van der Waals surface area contributed by atoms with Gasteiger partial charge in [0.15, 0.2) is 5.78 Å². The molecule has 0 unspecified atom stereocenters. The van der Waals surface area contributed by atoms with Crippen molar-refractivity contribution in [3.05, 3.63) is 29.3 Å². The molecule has 0 spiro atoms. The van der Waals surface area contributed by atoms with Gasteiger partial charge in [-0.2, -0.15) is 0 Å². The van der Waals surface area contributed by atoms with E-state index in [4.69, 9.17) is 4.74 Å². The van der Waals surface area contributed by atoms with E-state index in [0.717, 1.165) is 24.9 Å². The van der Waals surface area contributed by atoms with E-state index in [1.807, 2.05) is 18.2 Å². The van der Waals surface area contributed by atoms with Crippen LogP contribution in [-0.2, 0) is 11.2 Å². The molecule has 3 heteroatoms. The summed E-state index contributed by atoms with van der Waals surface area (Å²) >= 11 is 0. The van der Waals surface area contributed by atoms with Crippen LogP contribution >= 0.6 is 0 Å². The Morgan fingerprint density at radius 2 is 2.38 bits per heavy atom. The molecule has 0 saturated heterocycles. The molecule has 1 aliphatic heterocycles. The minimum atomic E-state index is 0.162. The van der Waals surface area contributed by atoms with Crippen LogP contribution in [0.25, 0.3) is 0 Å². The molecule has 2 rings (SSSR count). The van der Waals surface area contributed by atoms with Gasteiger partial charge in [0.1, 0.15) is 0 Å². The lowest BCUT2D eigenvalue weighted by molar-refractivity contribution is 0.0932. The number of carbonyl (C=O) groups excluding carboxylic acids is 1. The molecule has 0 bridgehead atoms. The Hall–Kier alpha value is -1.35. The van der Waals surface area contributed by atoms with Crippen LogP contribution in [0.2, 0.25) is 0 Å². The molecule has 0 amide bonds. The smallest absolute Gasteiger partial charge is 0.165 e. The fourth-order valence-corrected chi connectivity index (χ4v) is 1.99. The zero-order valence-corrected chi connectivity index (χ0v) is 9.58. The number of Topliss-reactive ketones (excluding diaryl/α,β-unsaturated/α-hetero) is 1. The summed E-state index contributed by atoms with van der Waals surface area (Å²) < 4.78 is 4.91. The van der Waals surface area contributed by atoms with E-state index in [1.165, 1.54) is 11.3 Å². The number of carbonyl (C=O) groups is 1. The lowest BCUT2D eigenvalue weighted by Crippen LogP contribution is -2.13. The lowest BCUT2D eigenvalue weighted by Gasteiger charge is -2.18. The number of aryl methyl sites for hydroxylation is 1. The second-order valence-electron chi connectivity index (χ2n) is 4.07. The van der Waals surface area contributed by atoms with Gasteiger partial charge in [-0.05, 0) is 36.6 Å². The van der Waals surface area contributed by atoms with Crippen LogP contribution in [0.1, 0.15) is 28.8 Å².